The molecule has 0 saturated heterocycles. The fraction of sp³-hybridized carbons (Fsp3) is 0.333. The third kappa shape index (κ3) is 4.59. The maximum atomic E-state index is 9.39. The number of aromatic hydroxyl groups is 1. The largest absolute Gasteiger partial charge is 0.508 e. The number of nitrogens with zero attached hydrogens (tertiary/aromatic N) is 1. The van der Waals surface area contributed by atoms with Gasteiger partial charge in [-0.15, -0.1) is 0 Å². The summed E-state index contributed by atoms with van der Waals surface area (Å²) >= 11 is 0. The first-order chi connectivity index (χ1) is 10.1. The normalized spacial score (nSPS) is 14.1. The van der Waals surface area contributed by atoms with E-state index in [1.54, 1.807) is 12.1 Å². The quantitative estimate of drug-likeness (QED) is 0.854. The van der Waals surface area contributed by atoms with E-state index in [1.165, 1.54) is 11.1 Å². The zero-order chi connectivity index (χ0) is 15.2. The molecule has 3 heteroatoms. The summed E-state index contributed by atoms with van der Waals surface area (Å²) in [5.41, 5.74) is 2.46. The van der Waals surface area contributed by atoms with E-state index in [2.05, 4.69) is 55.5 Å². The number of likely N-dealkylation sites (N-methyl/N-ethyl adjacent to an activating group) is 1. The van der Waals surface area contributed by atoms with Gasteiger partial charge in [-0.2, -0.15) is 0 Å². The van der Waals surface area contributed by atoms with Gasteiger partial charge in [0, 0.05) is 18.6 Å². The van der Waals surface area contributed by atoms with Crippen molar-refractivity contribution in [2.24, 2.45) is 0 Å². The Kier molecular flexibility index (Phi) is 5.37. The van der Waals surface area contributed by atoms with Gasteiger partial charge in [0.25, 0.3) is 0 Å². The molecule has 0 spiro atoms. The maximum absolute atomic E-state index is 9.39. The Morgan fingerprint density at radius 2 is 1.57 bits per heavy atom. The van der Waals surface area contributed by atoms with Gasteiger partial charge in [-0.1, -0.05) is 42.5 Å². The van der Waals surface area contributed by atoms with E-state index in [9.17, 15) is 5.11 Å². The highest BCUT2D eigenvalue weighted by Crippen LogP contribution is 2.21. The van der Waals surface area contributed by atoms with Crippen LogP contribution in [0.15, 0.2) is 54.6 Å². The molecule has 112 valence electrons. The summed E-state index contributed by atoms with van der Waals surface area (Å²) in [5.74, 6) is 0.304. The Hall–Kier alpha value is -1.84. The van der Waals surface area contributed by atoms with Crippen LogP contribution in [0.4, 0.5) is 0 Å². The number of phenolic OH excluding ortho intramolecular Hbond substituents is 1. The molecule has 3 nitrogen and oxygen atoms in total. The minimum atomic E-state index is 0.218. The molecule has 0 aromatic heterocycles. The molecule has 2 N–H and O–H groups in total. The fourth-order valence-electron chi connectivity index (χ4n) is 2.47. The van der Waals surface area contributed by atoms with Gasteiger partial charge >= 0.3 is 0 Å². The molecular formula is C18H24N2O. The second-order valence-corrected chi connectivity index (χ2v) is 5.71. The van der Waals surface area contributed by atoms with Crippen molar-refractivity contribution in [2.75, 3.05) is 20.6 Å². The molecule has 21 heavy (non-hydrogen) atoms. The lowest BCUT2D eigenvalue weighted by Gasteiger charge is -2.26. The van der Waals surface area contributed by atoms with Crippen LogP contribution in [0.3, 0.4) is 0 Å². The summed E-state index contributed by atoms with van der Waals surface area (Å²) in [4.78, 5) is 2.19. The van der Waals surface area contributed by atoms with E-state index < -0.39 is 0 Å². The molecule has 0 aliphatic rings. The van der Waals surface area contributed by atoms with Crippen molar-refractivity contribution in [3.05, 3.63) is 65.7 Å². The third-order valence-electron chi connectivity index (χ3n) is 3.59. The van der Waals surface area contributed by atoms with E-state index in [0.717, 1.165) is 6.54 Å². The predicted molar refractivity (Wildman–Crippen MR) is 87.4 cm³/mol. The van der Waals surface area contributed by atoms with Crippen LogP contribution in [-0.2, 0) is 0 Å². The molecule has 0 radical (unpaired) electrons. The Balaban J connectivity index is 2.13. The van der Waals surface area contributed by atoms with E-state index in [0.29, 0.717) is 5.75 Å². The van der Waals surface area contributed by atoms with Crippen LogP contribution in [0.25, 0.3) is 0 Å². The van der Waals surface area contributed by atoms with Crippen molar-refractivity contribution in [3.63, 3.8) is 0 Å². The van der Waals surface area contributed by atoms with Crippen LogP contribution in [0.2, 0.25) is 0 Å². The lowest BCUT2D eigenvalue weighted by molar-refractivity contribution is 0.325. The van der Waals surface area contributed by atoms with Gasteiger partial charge in [-0.25, -0.2) is 0 Å². The zero-order valence-electron chi connectivity index (χ0n) is 13.0. The van der Waals surface area contributed by atoms with Gasteiger partial charge in [-0.05, 0) is 44.3 Å². The average Bonchev–Trinajstić information content (AvgIpc) is 2.47. The molecule has 0 saturated carbocycles. The summed E-state index contributed by atoms with van der Waals surface area (Å²) in [5, 5.41) is 13.1. The summed E-state index contributed by atoms with van der Waals surface area (Å²) < 4.78 is 0. The Bertz CT molecular complexity index is 537. The van der Waals surface area contributed by atoms with Gasteiger partial charge < -0.3 is 15.3 Å². The molecule has 0 aliphatic heterocycles. The van der Waals surface area contributed by atoms with Crippen molar-refractivity contribution in [2.45, 2.75) is 19.0 Å². The fourth-order valence-corrected chi connectivity index (χ4v) is 2.47. The number of phenols is 1. The van der Waals surface area contributed by atoms with Crippen molar-refractivity contribution in [3.8, 4) is 5.75 Å². The van der Waals surface area contributed by atoms with E-state index in [1.807, 2.05) is 18.2 Å². The van der Waals surface area contributed by atoms with E-state index in [4.69, 9.17) is 0 Å². The number of benzene rings is 2. The first-order valence-electron chi connectivity index (χ1n) is 7.31. The summed E-state index contributed by atoms with van der Waals surface area (Å²) in [6.07, 6.45) is 0. The van der Waals surface area contributed by atoms with Crippen LogP contribution in [0, 0.1) is 0 Å². The van der Waals surface area contributed by atoms with Crippen LogP contribution >= 0.6 is 0 Å². The van der Waals surface area contributed by atoms with Crippen LogP contribution in [-0.4, -0.2) is 30.6 Å². The molecule has 2 rings (SSSR count). The summed E-state index contributed by atoms with van der Waals surface area (Å²) in [7, 11) is 4.17. The molecule has 2 aromatic carbocycles. The molecule has 0 bridgehead atoms. The SMILES string of the molecule is CC(NC(CN(C)C)c1ccccc1)c1ccc(O)cc1. The Morgan fingerprint density at radius 1 is 0.952 bits per heavy atom. The zero-order valence-corrected chi connectivity index (χ0v) is 13.0. The standard InChI is InChI=1S/C18H24N2O/c1-14(15-9-11-17(21)12-10-15)19-18(13-20(2)3)16-7-5-4-6-8-16/h4-12,14,18-19,21H,13H2,1-3H3. The monoisotopic (exact) mass is 284 g/mol. The van der Waals surface area contributed by atoms with Gasteiger partial charge in [0.1, 0.15) is 5.75 Å². The van der Waals surface area contributed by atoms with Crippen LogP contribution < -0.4 is 5.32 Å². The molecule has 0 amide bonds. The molecule has 2 atom stereocenters. The number of hydrogen-bond acceptors (Lipinski definition) is 3. The summed E-state index contributed by atoms with van der Waals surface area (Å²) in [6.45, 7) is 3.09. The lowest BCUT2D eigenvalue weighted by atomic mass is 10.0. The first-order valence-corrected chi connectivity index (χ1v) is 7.31. The van der Waals surface area contributed by atoms with Crippen molar-refractivity contribution in [1.82, 2.24) is 10.2 Å². The van der Waals surface area contributed by atoms with Crippen LogP contribution in [0.1, 0.15) is 30.1 Å². The minimum absolute atomic E-state index is 0.218. The molecule has 0 aliphatic carbocycles. The molecule has 0 fully saturated rings. The Morgan fingerprint density at radius 3 is 2.14 bits per heavy atom. The highest BCUT2D eigenvalue weighted by Gasteiger charge is 2.16. The van der Waals surface area contributed by atoms with Gasteiger partial charge in [0.2, 0.25) is 0 Å². The molecular weight excluding hydrogens is 260 g/mol. The third-order valence-corrected chi connectivity index (χ3v) is 3.59. The first kappa shape index (κ1) is 15.5. The van der Waals surface area contributed by atoms with Crippen LogP contribution in [0.5, 0.6) is 5.75 Å². The average molecular weight is 284 g/mol. The van der Waals surface area contributed by atoms with Gasteiger partial charge in [-0.3, -0.25) is 0 Å². The highest BCUT2D eigenvalue weighted by molar-refractivity contribution is 5.28. The number of hydrogen-bond donors (Lipinski definition) is 2. The predicted octanol–water partition coefficient (Wildman–Crippen LogP) is 3.35. The second kappa shape index (κ2) is 7.25. The van der Waals surface area contributed by atoms with E-state index >= 15 is 0 Å². The topological polar surface area (TPSA) is 35.5 Å². The van der Waals surface area contributed by atoms with Gasteiger partial charge in [0.05, 0.1) is 0 Å². The maximum Gasteiger partial charge on any atom is 0.115 e. The number of rotatable bonds is 6. The molecule has 0 heterocycles. The minimum Gasteiger partial charge on any atom is -0.508 e. The highest BCUT2D eigenvalue weighted by atomic mass is 16.3. The van der Waals surface area contributed by atoms with Crippen molar-refractivity contribution < 1.29 is 5.11 Å². The second-order valence-electron chi connectivity index (χ2n) is 5.71. The number of nitrogens with one attached hydrogen (secondary N) is 1. The summed E-state index contributed by atoms with van der Waals surface area (Å²) in [6, 6.07) is 18.4. The molecule has 2 aromatic rings. The smallest absolute Gasteiger partial charge is 0.115 e. The van der Waals surface area contributed by atoms with E-state index in [-0.39, 0.29) is 12.1 Å². The van der Waals surface area contributed by atoms with Crippen molar-refractivity contribution >= 4 is 0 Å². The van der Waals surface area contributed by atoms with Gasteiger partial charge in [0.15, 0.2) is 0 Å². The molecule has 2 unspecified atom stereocenters. The lowest BCUT2D eigenvalue weighted by Crippen LogP contribution is -2.32. The Labute approximate surface area is 127 Å². The van der Waals surface area contributed by atoms with Crippen molar-refractivity contribution in [1.29, 1.82) is 0 Å².